The van der Waals surface area contributed by atoms with E-state index in [1.165, 1.54) is 24.8 Å². The van der Waals surface area contributed by atoms with Gasteiger partial charge in [-0.1, -0.05) is 43.6 Å². The summed E-state index contributed by atoms with van der Waals surface area (Å²) in [5.74, 6) is 0. The van der Waals surface area contributed by atoms with Gasteiger partial charge in [0.1, 0.15) is 11.8 Å². The van der Waals surface area contributed by atoms with Crippen LogP contribution in [0, 0.1) is 11.3 Å². The van der Waals surface area contributed by atoms with Crippen molar-refractivity contribution in [2.24, 2.45) is 7.05 Å². The van der Waals surface area contributed by atoms with Crippen molar-refractivity contribution >= 4 is 22.9 Å². The second kappa shape index (κ2) is 5.21. The molecule has 2 heterocycles. The number of hydrogen-bond acceptors (Lipinski definition) is 2. The molecule has 0 bridgehead atoms. The summed E-state index contributed by atoms with van der Waals surface area (Å²) >= 11 is 5.71. The van der Waals surface area contributed by atoms with Gasteiger partial charge in [-0.05, 0) is 36.6 Å². The monoisotopic (exact) mass is 321 g/mol. The maximum Gasteiger partial charge on any atom is 0.120 e. The quantitative estimate of drug-likeness (QED) is 0.785. The van der Waals surface area contributed by atoms with Gasteiger partial charge in [0, 0.05) is 29.4 Å². The molecule has 1 N–H and O–H groups in total. The highest BCUT2D eigenvalue weighted by Crippen LogP contribution is 2.48. The Bertz CT molecular complexity index is 835. The molecule has 1 aromatic carbocycles. The van der Waals surface area contributed by atoms with Gasteiger partial charge in [-0.2, -0.15) is 5.26 Å². The van der Waals surface area contributed by atoms with E-state index in [-0.39, 0.29) is 5.41 Å². The molecule has 1 aliphatic heterocycles. The number of nitrogens with zero attached hydrogens (tertiary/aromatic N) is 2. The number of thiocarbonyl (C=S) groups is 1. The van der Waals surface area contributed by atoms with Gasteiger partial charge in [0.15, 0.2) is 0 Å². The molecule has 0 unspecified atom stereocenters. The first-order valence-electron chi connectivity index (χ1n) is 8.18. The molecule has 23 heavy (non-hydrogen) atoms. The van der Waals surface area contributed by atoms with E-state index in [1.54, 1.807) is 0 Å². The van der Waals surface area contributed by atoms with Crippen LogP contribution in [0.5, 0.6) is 0 Å². The molecule has 4 rings (SSSR count). The maximum absolute atomic E-state index is 9.13. The van der Waals surface area contributed by atoms with Crippen LogP contribution in [-0.2, 0) is 12.5 Å². The molecule has 0 atom stereocenters. The second-order valence-corrected chi connectivity index (χ2v) is 7.04. The van der Waals surface area contributed by atoms with Gasteiger partial charge in [-0.3, -0.25) is 0 Å². The predicted octanol–water partition coefficient (Wildman–Crippen LogP) is 4.52. The SMILES string of the molecule is Cn1c(C#N)ccc1-c1ccc2c(c1)NC(=S)C21CCCCC1. The van der Waals surface area contributed by atoms with E-state index in [1.807, 2.05) is 23.7 Å². The van der Waals surface area contributed by atoms with Gasteiger partial charge in [0.2, 0.25) is 0 Å². The lowest BCUT2D eigenvalue weighted by molar-refractivity contribution is 0.389. The third-order valence-corrected chi connectivity index (χ3v) is 5.95. The van der Waals surface area contributed by atoms with Crippen molar-refractivity contribution in [1.82, 2.24) is 4.57 Å². The van der Waals surface area contributed by atoms with E-state index in [0.717, 1.165) is 34.8 Å². The Labute approximate surface area is 141 Å². The molecule has 1 fully saturated rings. The third-order valence-electron chi connectivity index (χ3n) is 5.46. The van der Waals surface area contributed by atoms with Crippen molar-refractivity contribution in [1.29, 1.82) is 5.26 Å². The lowest BCUT2D eigenvalue weighted by Crippen LogP contribution is -2.35. The number of fused-ring (bicyclic) bond motifs is 2. The zero-order valence-corrected chi connectivity index (χ0v) is 14.0. The number of rotatable bonds is 1. The smallest absolute Gasteiger partial charge is 0.120 e. The van der Waals surface area contributed by atoms with E-state index in [4.69, 9.17) is 17.5 Å². The zero-order chi connectivity index (χ0) is 16.0. The number of anilines is 1. The molecule has 3 nitrogen and oxygen atoms in total. The molecule has 1 spiro atoms. The number of nitriles is 1. The molecule has 0 saturated heterocycles. The molecular weight excluding hydrogens is 302 g/mol. The molecule has 1 aromatic heterocycles. The van der Waals surface area contributed by atoms with Crippen molar-refractivity contribution in [2.75, 3.05) is 5.32 Å². The molecule has 2 aromatic rings. The fourth-order valence-corrected chi connectivity index (χ4v) is 4.58. The standard InChI is InChI=1S/C19H19N3S/c1-22-14(12-20)6-8-17(22)13-5-7-15-16(11-13)21-18(23)19(15)9-3-2-4-10-19/h5-8,11H,2-4,9-10H2,1H3,(H,21,23). The van der Waals surface area contributed by atoms with Crippen LogP contribution in [0.25, 0.3) is 11.3 Å². The van der Waals surface area contributed by atoms with Gasteiger partial charge in [-0.15, -0.1) is 0 Å². The summed E-state index contributed by atoms with van der Waals surface area (Å²) in [5, 5.41) is 12.6. The minimum atomic E-state index is 0.0630. The van der Waals surface area contributed by atoms with Crippen LogP contribution in [-0.4, -0.2) is 9.56 Å². The van der Waals surface area contributed by atoms with Gasteiger partial charge in [-0.25, -0.2) is 0 Å². The number of hydrogen-bond donors (Lipinski definition) is 1. The second-order valence-electron chi connectivity index (χ2n) is 6.63. The maximum atomic E-state index is 9.13. The van der Waals surface area contributed by atoms with Gasteiger partial charge < -0.3 is 9.88 Å². The van der Waals surface area contributed by atoms with E-state index in [9.17, 15) is 0 Å². The van der Waals surface area contributed by atoms with Crippen LogP contribution >= 0.6 is 12.2 Å². The molecule has 116 valence electrons. The molecule has 0 radical (unpaired) electrons. The highest BCUT2D eigenvalue weighted by molar-refractivity contribution is 7.80. The highest BCUT2D eigenvalue weighted by Gasteiger charge is 2.44. The summed E-state index contributed by atoms with van der Waals surface area (Å²) < 4.78 is 1.94. The molecule has 1 aliphatic carbocycles. The van der Waals surface area contributed by atoms with E-state index in [2.05, 4.69) is 29.6 Å². The van der Waals surface area contributed by atoms with Gasteiger partial charge in [0.25, 0.3) is 0 Å². The Balaban J connectivity index is 1.79. The first-order chi connectivity index (χ1) is 11.2. The minimum absolute atomic E-state index is 0.0630. The number of aromatic nitrogens is 1. The Morgan fingerprint density at radius 3 is 2.65 bits per heavy atom. The van der Waals surface area contributed by atoms with Crippen LogP contribution in [0.15, 0.2) is 30.3 Å². The van der Waals surface area contributed by atoms with Crippen LogP contribution in [0.4, 0.5) is 5.69 Å². The summed E-state index contributed by atoms with van der Waals surface area (Å²) in [4.78, 5) is 0.994. The molecule has 0 amide bonds. The molecule has 4 heteroatoms. The lowest BCUT2D eigenvalue weighted by atomic mass is 9.70. The largest absolute Gasteiger partial charge is 0.349 e. The first kappa shape index (κ1) is 14.5. The fraction of sp³-hybridized carbons (Fsp3) is 0.368. The highest BCUT2D eigenvalue weighted by atomic mass is 32.1. The van der Waals surface area contributed by atoms with E-state index in [0.29, 0.717) is 5.69 Å². The van der Waals surface area contributed by atoms with Crippen molar-refractivity contribution in [3.63, 3.8) is 0 Å². The summed E-state index contributed by atoms with van der Waals surface area (Å²) in [6.45, 7) is 0. The lowest BCUT2D eigenvalue weighted by Gasteiger charge is -2.33. The Hall–Kier alpha value is -2.12. The Kier molecular flexibility index (Phi) is 3.28. The average Bonchev–Trinajstić information content (AvgIpc) is 3.07. The predicted molar refractivity (Wildman–Crippen MR) is 96.5 cm³/mol. The number of benzene rings is 1. The van der Waals surface area contributed by atoms with Crippen molar-refractivity contribution in [3.8, 4) is 17.3 Å². The van der Waals surface area contributed by atoms with Crippen molar-refractivity contribution < 1.29 is 0 Å². The molecular formula is C19H19N3S. The van der Waals surface area contributed by atoms with Gasteiger partial charge >= 0.3 is 0 Å². The zero-order valence-electron chi connectivity index (χ0n) is 13.2. The van der Waals surface area contributed by atoms with E-state index >= 15 is 0 Å². The summed E-state index contributed by atoms with van der Waals surface area (Å²) in [6, 6.07) is 12.7. The van der Waals surface area contributed by atoms with Gasteiger partial charge in [0.05, 0.1) is 4.99 Å². The first-order valence-corrected chi connectivity index (χ1v) is 8.59. The van der Waals surface area contributed by atoms with Crippen molar-refractivity contribution in [2.45, 2.75) is 37.5 Å². The third kappa shape index (κ3) is 2.04. The fourth-order valence-electron chi connectivity index (χ4n) is 4.15. The average molecular weight is 321 g/mol. The summed E-state index contributed by atoms with van der Waals surface area (Å²) in [7, 11) is 1.93. The topological polar surface area (TPSA) is 40.8 Å². The Morgan fingerprint density at radius 2 is 1.96 bits per heavy atom. The molecule has 1 saturated carbocycles. The summed E-state index contributed by atoms with van der Waals surface area (Å²) in [5.41, 5.74) is 5.42. The van der Waals surface area contributed by atoms with Crippen LogP contribution in [0.3, 0.4) is 0 Å². The normalized spacial score (nSPS) is 18.5. The van der Waals surface area contributed by atoms with Crippen LogP contribution in [0.2, 0.25) is 0 Å². The van der Waals surface area contributed by atoms with E-state index < -0.39 is 0 Å². The molecule has 2 aliphatic rings. The minimum Gasteiger partial charge on any atom is -0.349 e. The summed E-state index contributed by atoms with van der Waals surface area (Å²) in [6.07, 6.45) is 6.15. The Morgan fingerprint density at radius 1 is 1.17 bits per heavy atom. The van der Waals surface area contributed by atoms with Crippen LogP contribution < -0.4 is 5.32 Å². The van der Waals surface area contributed by atoms with Crippen LogP contribution in [0.1, 0.15) is 43.4 Å². The van der Waals surface area contributed by atoms with Crippen molar-refractivity contribution in [3.05, 3.63) is 41.6 Å². The number of nitrogens with one attached hydrogen (secondary N) is 1.